The van der Waals surface area contributed by atoms with Crippen LogP contribution in [0.15, 0.2) is 23.1 Å². The summed E-state index contributed by atoms with van der Waals surface area (Å²) in [6, 6.07) is 1.69. The van der Waals surface area contributed by atoms with Crippen molar-refractivity contribution in [3.63, 3.8) is 0 Å². The largest absolute Gasteiger partial charge is 0.353 e. The standard InChI is InChI=1S/C11H12BrN5O/c1-7-11(18)14-2-4-16(7)10-8-6-9(12)15-17(8)5-3-13-10/h3,5-7H,2,4H2,1H3,(H,14,18). The van der Waals surface area contributed by atoms with Crippen molar-refractivity contribution in [3.05, 3.63) is 23.1 Å². The van der Waals surface area contributed by atoms with E-state index in [1.54, 1.807) is 16.9 Å². The van der Waals surface area contributed by atoms with Gasteiger partial charge in [-0.3, -0.25) is 4.79 Å². The molecule has 1 fully saturated rings. The SMILES string of the molecule is CC1C(=O)NCCN1c1nccn2nc(Br)cc12. The van der Waals surface area contributed by atoms with E-state index in [1.807, 2.05) is 17.9 Å². The zero-order chi connectivity index (χ0) is 12.7. The van der Waals surface area contributed by atoms with Crippen molar-refractivity contribution in [1.29, 1.82) is 0 Å². The smallest absolute Gasteiger partial charge is 0.242 e. The number of nitrogens with one attached hydrogen (secondary N) is 1. The molecular formula is C11H12BrN5O. The summed E-state index contributed by atoms with van der Waals surface area (Å²) >= 11 is 3.35. The predicted molar refractivity (Wildman–Crippen MR) is 70.5 cm³/mol. The molecule has 7 heteroatoms. The van der Waals surface area contributed by atoms with Crippen LogP contribution in [0.25, 0.3) is 5.52 Å². The van der Waals surface area contributed by atoms with Crippen LogP contribution in [0, 0.1) is 0 Å². The van der Waals surface area contributed by atoms with E-state index in [-0.39, 0.29) is 11.9 Å². The number of fused-ring (bicyclic) bond motifs is 1. The molecule has 2 aromatic rings. The highest BCUT2D eigenvalue weighted by Gasteiger charge is 2.27. The number of rotatable bonds is 1. The number of piperazine rings is 1. The Morgan fingerprint density at radius 3 is 3.22 bits per heavy atom. The number of carbonyl (C=O) groups excluding carboxylic acids is 1. The number of aromatic nitrogens is 3. The van der Waals surface area contributed by atoms with Crippen LogP contribution >= 0.6 is 15.9 Å². The lowest BCUT2D eigenvalue weighted by Crippen LogP contribution is -2.54. The predicted octanol–water partition coefficient (Wildman–Crippen LogP) is 0.816. The van der Waals surface area contributed by atoms with Crippen molar-refractivity contribution in [3.8, 4) is 0 Å². The molecule has 0 spiro atoms. The summed E-state index contributed by atoms with van der Waals surface area (Å²) in [5, 5.41) is 7.12. The third-order valence-electron chi connectivity index (χ3n) is 3.11. The maximum Gasteiger partial charge on any atom is 0.242 e. The van der Waals surface area contributed by atoms with Crippen molar-refractivity contribution in [2.45, 2.75) is 13.0 Å². The van der Waals surface area contributed by atoms with Gasteiger partial charge in [-0.25, -0.2) is 9.50 Å². The molecule has 18 heavy (non-hydrogen) atoms. The van der Waals surface area contributed by atoms with Crippen LogP contribution < -0.4 is 10.2 Å². The zero-order valence-corrected chi connectivity index (χ0v) is 11.4. The van der Waals surface area contributed by atoms with Gasteiger partial charge in [-0.15, -0.1) is 0 Å². The lowest BCUT2D eigenvalue weighted by molar-refractivity contribution is -0.122. The molecule has 3 rings (SSSR count). The molecule has 1 aliphatic rings. The third kappa shape index (κ3) is 1.74. The fourth-order valence-electron chi connectivity index (χ4n) is 2.17. The summed E-state index contributed by atoms with van der Waals surface area (Å²) in [6.07, 6.45) is 3.49. The summed E-state index contributed by atoms with van der Waals surface area (Å²) in [5.41, 5.74) is 0.894. The van der Waals surface area contributed by atoms with Gasteiger partial charge in [0.1, 0.15) is 16.2 Å². The van der Waals surface area contributed by atoms with Gasteiger partial charge in [0.25, 0.3) is 0 Å². The molecule has 0 aromatic carbocycles. The lowest BCUT2D eigenvalue weighted by Gasteiger charge is -2.33. The van der Waals surface area contributed by atoms with Crippen molar-refractivity contribution >= 4 is 33.2 Å². The van der Waals surface area contributed by atoms with Gasteiger partial charge in [0.15, 0.2) is 5.82 Å². The summed E-state index contributed by atoms with van der Waals surface area (Å²) in [6.45, 7) is 3.27. The maximum absolute atomic E-state index is 11.7. The second-order valence-corrected chi connectivity index (χ2v) is 5.02. The molecule has 0 saturated carbocycles. The second-order valence-electron chi connectivity index (χ2n) is 4.21. The Hall–Kier alpha value is -1.63. The van der Waals surface area contributed by atoms with Gasteiger partial charge in [-0.05, 0) is 22.9 Å². The highest BCUT2D eigenvalue weighted by molar-refractivity contribution is 9.10. The molecule has 3 heterocycles. The number of amides is 1. The minimum Gasteiger partial charge on any atom is -0.353 e. The number of carbonyl (C=O) groups is 1. The summed E-state index contributed by atoms with van der Waals surface area (Å²) in [7, 11) is 0. The number of hydrogen-bond donors (Lipinski definition) is 1. The van der Waals surface area contributed by atoms with Gasteiger partial charge >= 0.3 is 0 Å². The normalized spacial score (nSPS) is 20.2. The lowest BCUT2D eigenvalue weighted by atomic mass is 10.2. The molecule has 1 atom stereocenters. The fourth-order valence-corrected chi connectivity index (χ4v) is 2.56. The molecule has 1 aliphatic heterocycles. The van der Waals surface area contributed by atoms with E-state index in [9.17, 15) is 4.79 Å². The number of hydrogen-bond acceptors (Lipinski definition) is 4. The quantitative estimate of drug-likeness (QED) is 0.847. The topological polar surface area (TPSA) is 62.5 Å². The van der Waals surface area contributed by atoms with Gasteiger partial charge in [-0.2, -0.15) is 5.10 Å². The Morgan fingerprint density at radius 1 is 1.56 bits per heavy atom. The summed E-state index contributed by atoms with van der Waals surface area (Å²) in [4.78, 5) is 18.1. The molecule has 0 radical (unpaired) electrons. The molecule has 2 aromatic heterocycles. The van der Waals surface area contributed by atoms with Crippen molar-refractivity contribution in [2.75, 3.05) is 18.0 Å². The Bertz CT molecular complexity index is 610. The molecule has 1 saturated heterocycles. The summed E-state index contributed by atoms with van der Waals surface area (Å²) in [5.74, 6) is 0.821. The first-order valence-corrected chi connectivity index (χ1v) is 6.50. The van der Waals surface area contributed by atoms with E-state index in [0.717, 1.165) is 22.5 Å². The summed E-state index contributed by atoms with van der Waals surface area (Å²) < 4.78 is 2.51. The fraction of sp³-hybridized carbons (Fsp3) is 0.364. The van der Waals surface area contributed by atoms with Crippen LogP contribution in [0.1, 0.15) is 6.92 Å². The van der Waals surface area contributed by atoms with Gasteiger partial charge in [0.05, 0.1) is 0 Å². The van der Waals surface area contributed by atoms with Crippen LogP contribution in [0.5, 0.6) is 0 Å². The van der Waals surface area contributed by atoms with E-state index < -0.39 is 0 Å². The molecule has 94 valence electrons. The minimum absolute atomic E-state index is 0.0311. The molecule has 1 unspecified atom stereocenters. The number of nitrogens with zero attached hydrogens (tertiary/aromatic N) is 4. The van der Waals surface area contributed by atoms with E-state index in [1.165, 1.54) is 0 Å². The first-order chi connectivity index (χ1) is 8.66. The van der Waals surface area contributed by atoms with Crippen LogP contribution in [-0.4, -0.2) is 39.6 Å². The van der Waals surface area contributed by atoms with Gasteiger partial charge in [0, 0.05) is 31.5 Å². The average molecular weight is 310 g/mol. The van der Waals surface area contributed by atoms with E-state index in [0.29, 0.717) is 6.54 Å². The zero-order valence-electron chi connectivity index (χ0n) is 9.80. The van der Waals surface area contributed by atoms with Gasteiger partial charge in [-0.1, -0.05) is 0 Å². The molecule has 1 amide bonds. The van der Waals surface area contributed by atoms with Crippen molar-refractivity contribution in [2.24, 2.45) is 0 Å². The Balaban J connectivity index is 2.10. The van der Waals surface area contributed by atoms with Crippen LogP contribution in [0.4, 0.5) is 5.82 Å². The van der Waals surface area contributed by atoms with Gasteiger partial charge in [0.2, 0.25) is 5.91 Å². The van der Waals surface area contributed by atoms with E-state index in [4.69, 9.17) is 0 Å². The molecular weight excluding hydrogens is 298 g/mol. The Labute approximate surface area is 112 Å². The van der Waals surface area contributed by atoms with E-state index in [2.05, 4.69) is 31.3 Å². The molecule has 0 bridgehead atoms. The first-order valence-electron chi connectivity index (χ1n) is 5.71. The highest BCUT2D eigenvalue weighted by Crippen LogP contribution is 2.24. The number of halogens is 1. The monoisotopic (exact) mass is 309 g/mol. The van der Waals surface area contributed by atoms with Crippen LogP contribution in [0.3, 0.4) is 0 Å². The maximum atomic E-state index is 11.7. The Kier molecular flexibility index (Phi) is 2.70. The molecule has 6 nitrogen and oxygen atoms in total. The van der Waals surface area contributed by atoms with E-state index >= 15 is 0 Å². The third-order valence-corrected chi connectivity index (χ3v) is 3.50. The van der Waals surface area contributed by atoms with Crippen LogP contribution in [-0.2, 0) is 4.79 Å². The minimum atomic E-state index is -0.217. The first kappa shape index (κ1) is 11.5. The molecule has 0 aliphatic carbocycles. The highest BCUT2D eigenvalue weighted by atomic mass is 79.9. The van der Waals surface area contributed by atoms with Crippen molar-refractivity contribution < 1.29 is 4.79 Å². The van der Waals surface area contributed by atoms with Gasteiger partial charge < -0.3 is 10.2 Å². The number of anilines is 1. The van der Waals surface area contributed by atoms with Crippen LogP contribution in [0.2, 0.25) is 0 Å². The van der Waals surface area contributed by atoms with Crippen molar-refractivity contribution in [1.82, 2.24) is 19.9 Å². The second kappa shape index (κ2) is 4.24. The Morgan fingerprint density at radius 2 is 2.39 bits per heavy atom. The molecule has 1 N–H and O–H groups in total. The average Bonchev–Trinajstić information content (AvgIpc) is 2.73.